The first-order chi connectivity index (χ1) is 12.8. The number of benzene rings is 2. The Labute approximate surface area is 153 Å². The fourth-order valence-electron chi connectivity index (χ4n) is 2.53. The second-order valence-corrected chi connectivity index (χ2v) is 7.47. The largest absolute Gasteiger partial charge is 0.443 e. The van der Waals surface area contributed by atoms with Gasteiger partial charge in [0.1, 0.15) is 11.9 Å². The van der Waals surface area contributed by atoms with E-state index in [0.717, 1.165) is 12.1 Å². The van der Waals surface area contributed by atoms with E-state index in [2.05, 4.69) is 4.72 Å². The van der Waals surface area contributed by atoms with Crippen LogP contribution in [0.2, 0.25) is 0 Å². The summed E-state index contributed by atoms with van der Waals surface area (Å²) in [5.74, 6) is -0.518. The zero-order chi connectivity index (χ0) is 19.6. The fraction of sp³-hybridized carbons (Fsp3) is 0.188. The van der Waals surface area contributed by atoms with Crippen molar-refractivity contribution >= 4 is 27.5 Å². The van der Waals surface area contributed by atoms with Crippen LogP contribution in [0.3, 0.4) is 0 Å². The number of ether oxygens (including phenoxy) is 1. The third-order valence-corrected chi connectivity index (χ3v) is 5.25. The Kier molecular flexibility index (Phi) is 5.06. The van der Waals surface area contributed by atoms with Crippen molar-refractivity contribution in [3.05, 3.63) is 64.5 Å². The van der Waals surface area contributed by atoms with Gasteiger partial charge in [0, 0.05) is 18.7 Å². The van der Waals surface area contributed by atoms with Crippen LogP contribution in [0.4, 0.5) is 20.6 Å². The molecule has 9 nitrogen and oxygen atoms in total. The van der Waals surface area contributed by atoms with Gasteiger partial charge in [0.05, 0.1) is 22.1 Å². The zero-order valence-corrected chi connectivity index (χ0v) is 14.6. The molecule has 2 aromatic rings. The van der Waals surface area contributed by atoms with E-state index in [1.165, 1.54) is 41.3 Å². The predicted molar refractivity (Wildman–Crippen MR) is 92.3 cm³/mol. The van der Waals surface area contributed by atoms with E-state index in [9.17, 15) is 27.7 Å². The van der Waals surface area contributed by atoms with Gasteiger partial charge in [0.15, 0.2) is 0 Å². The lowest BCUT2D eigenvalue weighted by Gasteiger charge is -2.13. The Bertz CT molecular complexity index is 997. The predicted octanol–water partition coefficient (Wildman–Crippen LogP) is 2.04. The highest BCUT2D eigenvalue weighted by Gasteiger charge is 2.33. The number of non-ortho nitro benzene ring substituents is 1. The molecule has 0 bridgehead atoms. The summed E-state index contributed by atoms with van der Waals surface area (Å²) < 4.78 is 45.3. The molecule has 0 radical (unpaired) electrons. The van der Waals surface area contributed by atoms with Gasteiger partial charge in [-0.05, 0) is 24.3 Å². The van der Waals surface area contributed by atoms with Crippen LogP contribution in [0, 0.1) is 15.9 Å². The quantitative estimate of drug-likeness (QED) is 0.591. The van der Waals surface area contributed by atoms with E-state index in [1.54, 1.807) is 0 Å². The minimum Gasteiger partial charge on any atom is -0.443 e. The van der Waals surface area contributed by atoms with Gasteiger partial charge in [-0.3, -0.25) is 15.0 Å². The molecule has 3 rings (SSSR count). The number of amides is 1. The number of sulfonamides is 1. The molecule has 0 aromatic heterocycles. The number of cyclic esters (lactones) is 1. The monoisotopic (exact) mass is 395 g/mol. The van der Waals surface area contributed by atoms with Gasteiger partial charge in [-0.1, -0.05) is 12.1 Å². The van der Waals surface area contributed by atoms with Crippen LogP contribution < -0.4 is 9.62 Å². The molecule has 1 saturated heterocycles. The number of nitro groups is 1. The van der Waals surface area contributed by atoms with E-state index in [0.29, 0.717) is 5.69 Å². The Morgan fingerprint density at radius 3 is 2.70 bits per heavy atom. The standard InChI is InChI=1S/C16H14FN3O6S/c17-11-3-1-4-12(7-11)19-10-14(26-16(19)21)9-18-27(24,25)15-6-2-5-13(8-15)20(22)23/h1-8,14,18H,9-10H2. The van der Waals surface area contributed by atoms with Crippen LogP contribution in [-0.2, 0) is 14.8 Å². The molecule has 1 atom stereocenters. The van der Waals surface area contributed by atoms with Crippen molar-refractivity contribution in [3.8, 4) is 0 Å². The summed E-state index contributed by atoms with van der Waals surface area (Å²) >= 11 is 0. The summed E-state index contributed by atoms with van der Waals surface area (Å²) in [6.07, 6.45) is -1.52. The number of anilines is 1. The maximum absolute atomic E-state index is 13.3. The molecule has 1 aliphatic heterocycles. The summed E-state index contributed by atoms with van der Waals surface area (Å²) in [4.78, 5) is 22.9. The first kappa shape index (κ1) is 18.7. The van der Waals surface area contributed by atoms with Crippen molar-refractivity contribution in [1.29, 1.82) is 0 Å². The number of carbonyl (C=O) groups excluding carboxylic acids is 1. The molecule has 1 heterocycles. The van der Waals surface area contributed by atoms with Gasteiger partial charge in [-0.2, -0.15) is 0 Å². The number of rotatable bonds is 6. The number of halogens is 1. The van der Waals surface area contributed by atoms with Gasteiger partial charge in [-0.25, -0.2) is 22.3 Å². The average Bonchev–Trinajstić information content (AvgIpc) is 3.01. The fourth-order valence-corrected chi connectivity index (χ4v) is 3.64. The van der Waals surface area contributed by atoms with Gasteiger partial charge in [0.25, 0.3) is 5.69 Å². The number of nitrogens with zero attached hydrogens (tertiary/aromatic N) is 2. The lowest BCUT2D eigenvalue weighted by atomic mass is 10.2. The third kappa shape index (κ3) is 4.20. The molecule has 1 aliphatic rings. The van der Waals surface area contributed by atoms with Crippen LogP contribution in [0.5, 0.6) is 0 Å². The highest BCUT2D eigenvalue weighted by atomic mass is 32.2. The minimum absolute atomic E-state index is 0.0275. The van der Waals surface area contributed by atoms with Crippen LogP contribution in [0.15, 0.2) is 53.4 Å². The van der Waals surface area contributed by atoms with Crippen molar-refractivity contribution in [3.63, 3.8) is 0 Å². The van der Waals surface area contributed by atoms with Crippen molar-refractivity contribution in [2.45, 2.75) is 11.0 Å². The lowest BCUT2D eigenvalue weighted by molar-refractivity contribution is -0.385. The molecule has 1 unspecified atom stereocenters. The smallest absolute Gasteiger partial charge is 0.414 e. The molecular formula is C16H14FN3O6S. The summed E-state index contributed by atoms with van der Waals surface area (Å²) in [5.41, 5.74) is -0.0634. The van der Waals surface area contributed by atoms with Crippen LogP contribution in [-0.4, -0.2) is 38.6 Å². The first-order valence-corrected chi connectivity index (χ1v) is 9.22. The maximum Gasteiger partial charge on any atom is 0.414 e. The molecule has 1 N–H and O–H groups in total. The van der Waals surface area contributed by atoms with Crippen molar-refractivity contribution in [1.82, 2.24) is 4.72 Å². The number of nitro benzene ring substituents is 1. The number of hydrogen-bond acceptors (Lipinski definition) is 6. The van der Waals surface area contributed by atoms with Crippen LogP contribution in [0.25, 0.3) is 0 Å². The van der Waals surface area contributed by atoms with E-state index in [4.69, 9.17) is 4.74 Å². The van der Waals surface area contributed by atoms with Crippen molar-refractivity contribution < 1.29 is 27.3 Å². The van der Waals surface area contributed by atoms with Gasteiger partial charge in [0.2, 0.25) is 10.0 Å². The Morgan fingerprint density at radius 1 is 1.26 bits per heavy atom. The van der Waals surface area contributed by atoms with Crippen molar-refractivity contribution in [2.75, 3.05) is 18.0 Å². The molecule has 0 spiro atoms. The van der Waals surface area contributed by atoms with Gasteiger partial charge >= 0.3 is 6.09 Å². The normalized spacial score (nSPS) is 17.0. The van der Waals surface area contributed by atoms with Crippen LogP contribution in [0.1, 0.15) is 0 Å². The summed E-state index contributed by atoms with van der Waals surface area (Å²) in [6, 6.07) is 9.95. The SMILES string of the molecule is O=C1OC(CNS(=O)(=O)c2cccc([N+](=O)[O-])c2)CN1c1cccc(F)c1. The minimum atomic E-state index is -4.03. The van der Waals surface area contributed by atoms with Crippen molar-refractivity contribution in [2.24, 2.45) is 0 Å². The summed E-state index contributed by atoms with van der Waals surface area (Å²) in [7, 11) is -4.03. The second-order valence-electron chi connectivity index (χ2n) is 5.70. The third-order valence-electron chi connectivity index (χ3n) is 3.83. The summed E-state index contributed by atoms with van der Waals surface area (Å²) in [6.45, 7) is -0.206. The number of nitrogens with one attached hydrogen (secondary N) is 1. The molecule has 1 amide bonds. The topological polar surface area (TPSA) is 119 Å². The lowest BCUT2D eigenvalue weighted by Crippen LogP contribution is -2.34. The van der Waals surface area contributed by atoms with Gasteiger partial charge in [-0.15, -0.1) is 0 Å². The van der Waals surface area contributed by atoms with E-state index < -0.39 is 33.0 Å². The van der Waals surface area contributed by atoms with E-state index >= 15 is 0 Å². The first-order valence-electron chi connectivity index (χ1n) is 7.74. The number of hydrogen-bond donors (Lipinski definition) is 1. The van der Waals surface area contributed by atoms with E-state index in [-0.39, 0.29) is 23.7 Å². The molecule has 11 heteroatoms. The maximum atomic E-state index is 13.3. The molecular weight excluding hydrogens is 381 g/mol. The average molecular weight is 395 g/mol. The highest BCUT2D eigenvalue weighted by molar-refractivity contribution is 7.89. The number of carbonyl (C=O) groups is 1. The Balaban J connectivity index is 1.67. The highest BCUT2D eigenvalue weighted by Crippen LogP contribution is 2.22. The molecule has 0 saturated carbocycles. The zero-order valence-electron chi connectivity index (χ0n) is 13.7. The molecule has 1 fully saturated rings. The van der Waals surface area contributed by atoms with E-state index in [1.807, 2.05) is 0 Å². The second kappa shape index (κ2) is 7.29. The molecule has 2 aromatic carbocycles. The molecule has 27 heavy (non-hydrogen) atoms. The van der Waals surface area contributed by atoms with Crippen LogP contribution >= 0.6 is 0 Å². The van der Waals surface area contributed by atoms with Gasteiger partial charge < -0.3 is 4.74 Å². The summed E-state index contributed by atoms with van der Waals surface area (Å²) in [5, 5.41) is 10.8. The molecule has 0 aliphatic carbocycles. The Morgan fingerprint density at radius 2 is 2.00 bits per heavy atom. The Hall–Kier alpha value is -3.05. The molecule has 142 valence electrons.